The Bertz CT molecular complexity index is 1100. The number of hydrogen-bond donors (Lipinski definition) is 1. The first-order valence-electron chi connectivity index (χ1n) is 10.1. The van der Waals surface area contributed by atoms with Crippen molar-refractivity contribution >= 4 is 17.5 Å². The van der Waals surface area contributed by atoms with Crippen LogP contribution in [0.4, 0.5) is 18.9 Å². The molecular formula is C23H21F3N4O2. The Kier molecular flexibility index (Phi) is 5.98. The van der Waals surface area contributed by atoms with E-state index in [1.807, 2.05) is 30.3 Å². The molecule has 1 aromatic heterocycles. The van der Waals surface area contributed by atoms with Crippen LogP contribution in [0.2, 0.25) is 0 Å². The summed E-state index contributed by atoms with van der Waals surface area (Å²) in [7, 11) is 0. The highest BCUT2D eigenvalue weighted by Gasteiger charge is 2.35. The van der Waals surface area contributed by atoms with Crippen LogP contribution in [0.15, 0.2) is 67.0 Å². The molecule has 3 aromatic rings. The number of hydrogen-bond acceptors (Lipinski definition) is 3. The first-order chi connectivity index (χ1) is 15.3. The van der Waals surface area contributed by atoms with Crippen LogP contribution in [0.1, 0.15) is 17.5 Å². The molecule has 1 unspecified atom stereocenters. The maximum absolute atomic E-state index is 13.2. The number of carbonyl (C=O) groups excluding carboxylic acids is 2. The van der Waals surface area contributed by atoms with E-state index in [9.17, 15) is 22.8 Å². The van der Waals surface area contributed by atoms with E-state index < -0.39 is 23.6 Å². The summed E-state index contributed by atoms with van der Waals surface area (Å²) < 4.78 is 41.0. The average molecular weight is 442 g/mol. The van der Waals surface area contributed by atoms with Crippen LogP contribution in [-0.2, 0) is 22.2 Å². The number of nitrogens with zero attached hydrogens (tertiary/aromatic N) is 3. The van der Waals surface area contributed by atoms with Gasteiger partial charge in [0.25, 0.3) is 0 Å². The molecule has 9 heteroatoms. The zero-order valence-electron chi connectivity index (χ0n) is 17.0. The fraction of sp³-hybridized carbons (Fsp3) is 0.261. The van der Waals surface area contributed by atoms with E-state index >= 15 is 0 Å². The van der Waals surface area contributed by atoms with Crippen molar-refractivity contribution in [1.29, 1.82) is 0 Å². The van der Waals surface area contributed by atoms with Gasteiger partial charge in [0.1, 0.15) is 0 Å². The lowest BCUT2D eigenvalue weighted by Crippen LogP contribution is -2.30. The maximum atomic E-state index is 13.2. The fourth-order valence-corrected chi connectivity index (χ4v) is 3.73. The molecule has 1 atom stereocenters. The van der Waals surface area contributed by atoms with E-state index in [4.69, 9.17) is 0 Å². The Balaban J connectivity index is 1.48. The van der Waals surface area contributed by atoms with Crippen LogP contribution < -0.4 is 5.32 Å². The molecule has 0 radical (unpaired) electrons. The summed E-state index contributed by atoms with van der Waals surface area (Å²) in [5.74, 6) is -1.27. The van der Waals surface area contributed by atoms with Crippen molar-refractivity contribution in [2.45, 2.75) is 19.0 Å². The van der Waals surface area contributed by atoms with E-state index in [1.54, 1.807) is 17.2 Å². The summed E-state index contributed by atoms with van der Waals surface area (Å²) in [4.78, 5) is 26.9. The van der Waals surface area contributed by atoms with Gasteiger partial charge in [-0.2, -0.15) is 18.3 Å². The molecule has 2 heterocycles. The Morgan fingerprint density at radius 2 is 1.91 bits per heavy atom. The van der Waals surface area contributed by atoms with Crippen molar-refractivity contribution in [2.24, 2.45) is 5.92 Å². The van der Waals surface area contributed by atoms with Crippen LogP contribution in [0.3, 0.4) is 0 Å². The number of aromatic nitrogens is 2. The molecule has 4 rings (SSSR count). The molecule has 166 valence electrons. The van der Waals surface area contributed by atoms with Gasteiger partial charge >= 0.3 is 6.18 Å². The van der Waals surface area contributed by atoms with Gasteiger partial charge in [-0.25, -0.2) is 4.68 Å². The largest absolute Gasteiger partial charge is 0.416 e. The zero-order chi connectivity index (χ0) is 22.7. The van der Waals surface area contributed by atoms with Gasteiger partial charge in [0.2, 0.25) is 11.8 Å². The Labute approximate surface area is 182 Å². The molecule has 1 N–H and O–H groups in total. The number of likely N-dealkylation sites (tertiary alicyclic amines) is 1. The highest BCUT2D eigenvalue weighted by molar-refractivity contribution is 5.98. The van der Waals surface area contributed by atoms with Gasteiger partial charge < -0.3 is 10.2 Å². The Hall–Kier alpha value is -3.62. The summed E-state index contributed by atoms with van der Waals surface area (Å²) in [6.45, 7) is 0.711. The average Bonchev–Trinajstić information content (AvgIpc) is 3.42. The number of anilines is 1. The van der Waals surface area contributed by atoms with E-state index in [-0.39, 0.29) is 24.6 Å². The maximum Gasteiger partial charge on any atom is 0.416 e. The van der Waals surface area contributed by atoms with E-state index in [1.165, 1.54) is 16.9 Å². The van der Waals surface area contributed by atoms with Gasteiger partial charge in [-0.05, 0) is 36.2 Å². The molecule has 1 aliphatic rings. The van der Waals surface area contributed by atoms with Gasteiger partial charge in [0, 0.05) is 31.9 Å². The van der Waals surface area contributed by atoms with Gasteiger partial charge in [-0.1, -0.05) is 30.3 Å². The lowest BCUT2D eigenvalue weighted by atomic mass is 10.1. The number of rotatable bonds is 6. The van der Waals surface area contributed by atoms with Crippen LogP contribution >= 0.6 is 0 Å². The minimum Gasteiger partial charge on any atom is -0.342 e. The highest BCUT2D eigenvalue weighted by Crippen LogP contribution is 2.33. The third-order valence-electron chi connectivity index (χ3n) is 5.43. The minimum atomic E-state index is -4.56. The number of halogens is 3. The number of benzene rings is 2. The van der Waals surface area contributed by atoms with E-state index in [2.05, 4.69) is 10.4 Å². The quantitative estimate of drug-likeness (QED) is 0.629. The summed E-state index contributed by atoms with van der Waals surface area (Å²) in [6.07, 6.45) is -0.805. The minimum absolute atomic E-state index is 0.0105. The SMILES string of the molecule is O=C(Nc1cc(C(F)(F)F)ccc1-n1cccn1)C1CC(=O)N(CCc2ccccc2)C1. The van der Waals surface area contributed by atoms with E-state index in [0.717, 1.165) is 17.7 Å². The molecule has 1 saturated heterocycles. The standard InChI is InChI=1S/C23H21F3N4O2/c24-23(25,26)18-7-8-20(30-11-4-10-27-30)19(14-18)28-22(32)17-13-21(31)29(15-17)12-9-16-5-2-1-3-6-16/h1-8,10-11,14,17H,9,12-13,15H2,(H,28,32). The Morgan fingerprint density at radius 3 is 2.59 bits per heavy atom. The zero-order valence-corrected chi connectivity index (χ0v) is 17.0. The van der Waals surface area contributed by atoms with Crippen molar-refractivity contribution in [3.05, 3.63) is 78.1 Å². The van der Waals surface area contributed by atoms with Crippen molar-refractivity contribution in [2.75, 3.05) is 18.4 Å². The summed E-state index contributed by atoms with van der Waals surface area (Å²) in [5.41, 5.74) is 0.502. The molecule has 0 aliphatic carbocycles. The molecule has 2 amide bonds. The first-order valence-corrected chi connectivity index (χ1v) is 10.1. The Morgan fingerprint density at radius 1 is 1.12 bits per heavy atom. The monoisotopic (exact) mass is 442 g/mol. The van der Waals surface area contributed by atoms with E-state index in [0.29, 0.717) is 18.7 Å². The number of amides is 2. The van der Waals surface area contributed by atoms with Gasteiger partial charge in [-0.3, -0.25) is 9.59 Å². The molecular weight excluding hydrogens is 421 g/mol. The summed E-state index contributed by atoms with van der Waals surface area (Å²) in [6, 6.07) is 14.4. The predicted molar refractivity (Wildman–Crippen MR) is 112 cm³/mol. The van der Waals surface area contributed by atoms with Crippen LogP contribution in [0, 0.1) is 5.92 Å². The second-order valence-electron chi connectivity index (χ2n) is 7.65. The molecule has 0 spiro atoms. The summed E-state index contributed by atoms with van der Waals surface area (Å²) in [5, 5.41) is 6.63. The third-order valence-corrected chi connectivity index (χ3v) is 5.43. The predicted octanol–water partition coefficient (Wildman–Crippen LogP) is 3.92. The van der Waals surface area contributed by atoms with Gasteiger partial charge in [-0.15, -0.1) is 0 Å². The molecule has 1 fully saturated rings. The van der Waals surface area contributed by atoms with Crippen molar-refractivity contribution in [3.63, 3.8) is 0 Å². The molecule has 0 bridgehead atoms. The van der Waals surface area contributed by atoms with Gasteiger partial charge in [0.15, 0.2) is 0 Å². The topological polar surface area (TPSA) is 67.2 Å². The van der Waals surface area contributed by atoms with Crippen LogP contribution in [-0.4, -0.2) is 39.6 Å². The highest BCUT2D eigenvalue weighted by atomic mass is 19.4. The van der Waals surface area contributed by atoms with Crippen LogP contribution in [0.25, 0.3) is 5.69 Å². The van der Waals surface area contributed by atoms with Crippen molar-refractivity contribution in [3.8, 4) is 5.69 Å². The number of alkyl halides is 3. The molecule has 6 nitrogen and oxygen atoms in total. The van der Waals surface area contributed by atoms with Crippen LogP contribution in [0.5, 0.6) is 0 Å². The number of carbonyl (C=O) groups is 2. The first kappa shape index (κ1) is 21.6. The smallest absolute Gasteiger partial charge is 0.342 e. The fourth-order valence-electron chi connectivity index (χ4n) is 3.73. The summed E-state index contributed by atoms with van der Waals surface area (Å²) >= 11 is 0. The van der Waals surface area contributed by atoms with Crippen molar-refractivity contribution < 1.29 is 22.8 Å². The van der Waals surface area contributed by atoms with Gasteiger partial charge in [0.05, 0.1) is 22.9 Å². The second kappa shape index (κ2) is 8.86. The second-order valence-corrected chi connectivity index (χ2v) is 7.65. The molecule has 32 heavy (non-hydrogen) atoms. The number of nitrogens with one attached hydrogen (secondary N) is 1. The molecule has 1 aliphatic heterocycles. The normalized spacial score (nSPS) is 16.4. The van der Waals surface area contributed by atoms with Crippen molar-refractivity contribution in [1.82, 2.24) is 14.7 Å². The lowest BCUT2D eigenvalue weighted by molar-refractivity contribution is -0.137. The lowest BCUT2D eigenvalue weighted by Gasteiger charge is -2.18. The third kappa shape index (κ3) is 4.82. The molecule has 2 aromatic carbocycles. The molecule has 0 saturated carbocycles.